The Balaban J connectivity index is 1.74. The molecule has 0 radical (unpaired) electrons. The van der Waals surface area contributed by atoms with Crippen molar-refractivity contribution in [1.29, 1.82) is 0 Å². The van der Waals surface area contributed by atoms with Crippen LogP contribution in [-0.4, -0.2) is 12.1 Å². The maximum atomic E-state index is 4.55. The highest BCUT2D eigenvalue weighted by molar-refractivity contribution is 8.03. The molecule has 232 valence electrons. The molecule has 0 saturated heterocycles. The summed E-state index contributed by atoms with van der Waals surface area (Å²) in [5.74, 6) is 0.662. The van der Waals surface area contributed by atoms with E-state index in [0.29, 0.717) is 18.0 Å². The Hall–Kier alpha value is -2.13. The van der Waals surface area contributed by atoms with Gasteiger partial charge in [-0.1, -0.05) is 79.8 Å². The van der Waals surface area contributed by atoms with Crippen LogP contribution < -0.4 is 10.2 Å². The summed E-state index contributed by atoms with van der Waals surface area (Å²) in [7, 11) is 0. The van der Waals surface area contributed by atoms with Crippen LogP contribution in [0.3, 0.4) is 0 Å². The highest BCUT2D eigenvalue weighted by Crippen LogP contribution is 2.40. The molecule has 0 amide bonds. The largest absolute Gasteiger partial charge is 0.366 e. The molecule has 2 aromatic rings. The molecule has 0 spiro atoms. The zero-order chi connectivity index (χ0) is 31.2. The van der Waals surface area contributed by atoms with E-state index in [0.717, 1.165) is 19.3 Å². The minimum Gasteiger partial charge on any atom is -0.366 e. The van der Waals surface area contributed by atoms with E-state index in [-0.39, 0.29) is 10.8 Å². The molecule has 0 bridgehead atoms. The Kier molecular flexibility index (Phi) is 11.9. The van der Waals surface area contributed by atoms with Gasteiger partial charge in [0.05, 0.1) is 0 Å². The van der Waals surface area contributed by atoms with Gasteiger partial charge < -0.3 is 10.2 Å². The molecule has 2 nitrogen and oxygen atoms in total. The molecule has 0 aromatic heterocycles. The van der Waals surface area contributed by atoms with Crippen molar-refractivity contribution in [1.82, 2.24) is 0 Å². The Labute approximate surface area is 263 Å². The third-order valence-electron chi connectivity index (χ3n) is 8.62. The lowest BCUT2D eigenvalue weighted by Gasteiger charge is -2.38. The Morgan fingerprint density at radius 2 is 1.50 bits per heavy atom. The Morgan fingerprint density at radius 1 is 0.905 bits per heavy atom. The molecule has 42 heavy (non-hydrogen) atoms. The van der Waals surface area contributed by atoms with E-state index in [4.69, 9.17) is 0 Å². The number of hydrogen-bond acceptors (Lipinski definition) is 3. The van der Waals surface area contributed by atoms with Gasteiger partial charge in [-0.3, -0.25) is 0 Å². The average molecular weight is 589 g/mol. The molecular weight excluding hydrogens is 529 g/mol. The zero-order valence-corrected chi connectivity index (χ0v) is 29.6. The smallest absolute Gasteiger partial charge is 0.0383 e. The number of thioether (sulfide) groups is 1. The zero-order valence-electron chi connectivity index (χ0n) is 28.8. The van der Waals surface area contributed by atoms with Gasteiger partial charge in [-0.15, -0.1) is 0 Å². The van der Waals surface area contributed by atoms with Crippen molar-refractivity contribution in [2.75, 3.05) is 10.2 Å². The van der Waals surface area contributed by atoms with Crippen molar-refractivity contribution < 1.29 is 0 Å². The van der Waals surface area contributed by atoms with Crippen LogP contribution in [0, 0.1) is 12.8 Å². The summed E-state index contributed by atoms with van der Waals surface area (Å²) >= 11 is 1.87. The molecule has 0 aliphatic heterocycles. The Bertz CT molecular complexity index is 1170. The molecule has 1 N–H and O–H groups in total. The first-order valence-electron chi connectivity index (χ1n) is 16.4. The highest BCUT2D eigenvalue weighted by atomic mass is 32.2. The SMILES string of the molecule is C=C(CCC(C)N(c1ccc(NC2=CCCCC2)cc1)C(C)CC(C)C)Sc1cc(C(C)(C)C)c(C)c(C(C)(C)C)c1. The normalized spacial score (nSPS) is 15.8. The fraction of sp³-hybridized carbons (Fsp3) is 0.590. The first kappa shape index (κ1) is 34.4. The van der Waals surface area contributed by atoms with Crippen LogP contribution in [0.2, 0.25) is 0 Å². The molecule has 1 aliphatic carbocycles. The highest BCUT2D eigenvalue weighted by Gasteiger charge is 2.25. The predicted molar refractivity (Wildman–Crippen MR) is 190 cm³/mol. The van der Waals surface area contributed by atoms with E-state index in [1.165, 1.54) is 69.2 Å². The number of nitrogens with zero attached hydrogens (tertiary/aromatic N) is 1. The lowest BCUT2D eigenvalue weighted by atomic mass is 9.77. The molecule has 0 saturated carbocycles. The molecule has 2 atom stereocenters. The second-order valence-corrected chi connectivity index (χ2v) is 16.5. The van der Waals surface area contributed by atoms with Crippen molar-refractivity contribution in [2.24, 2.45) is 5.92 Å². The number of rotatable bonds is 12. The van der Waals surface area contributed by atoms with Crippen molar-refractivity contribution in [2.45, 2.75) is 149 Å². The van der Waals surface area contributed by atoms with Gasteiger partial charge >= 0.3 is 0 Å². The van der Waals surface area contributed by atoms with Crippen molar-refractivity contribution in [3.63, 3.8) is 0 Å². The van der Waals surface area contributed by atoms with E-state index >= 15 is 0 Å². The van der Waals surface area contributed by atoms with Crippen molar-refractivity contribution >= 4 is 23.1 Å². The van der Waals surface area contributed by atoms with Crippen LogP contribution >= 0.6 is 11.8 Å². The second kappa shape index (κ2) is 14.6. The minimum absolute atomic E-state index is 0.113. The summed E-state index contributed by atoms with van der Waals surface area (Å²) in [5.41, 5.74) is 8.45. The van der Waals surface area contributed by atoms with Crippen LogP contribution in [0.1, 0.15) is 131 Å². The van der Waals surface area contributed by atoms with E-state index in [1.807, 2.05) is 11.8 Å². The number of benzene rings is 2. The molecule has 3 heteroatoms. The lowest BCUT2D eigenvalue weighted by Crippen LogP contribution is -2.41. The van der Waals surface area contributed by atoms with E-state index in [2.05, 4.69) is 135 Å². The van der Waals surface area contributed by atoms with Gasteiger partial charge in [0.25, 0.3) is 0 Å². The third-order valence-corrected chi connectivity index (χ3v) is 9.59. The number of nitrogens with one attached hydrogen (secondary N) is 1. The second-order valence-electron chi connectivity index (χ2n) is 15.2. The van der Waals surface area contributed by atoms with Crippen molar-refractivity contribution in [3.05, 3.63) is 76.3 Å². The molecule has 2 aromatic carbocycles. The molecule has 3 rings (SSSR count). The fourth-order valence-corrected chi connectivity index (χ4v) is 7.53. The molecule has 2 unspecified atom stereocenters. The van der Waals surface area contributed by atoms with Crippen molar-refractivity contribution in [3.8, 4) is 0 Å². The molecule has 1 aliphatic rings. The van der Waals surface area contributed by atoms with Gasteiger partial charge in [0.2, 0.25) is 0 Å². The third kappa shape index (κ3) is 9.69. The van der Waals surface area contributed by atoms with Crippen LogP contribution in [-0.2, 0) is 10.8 Å². The summed E-state index contributed by atoms with van der Waals surface area (Å²) in [6, 6.07) is 14.9. The van der Waals surface area contributed by atoms with Gasteiger partial charge in [0.15, 0.2) is 0 Å². The first-order valence-corrected chi connectivity index (χ1v) is 17.2. The summed E-state index contributed by atoms with van der Waals surface area (Å²) in [4.78, 5) is 5.24. The summed E-state index contributed by atoms with van der Waals surface area (Å²) in [6.07, 6.45) is 10.6. The summed E-state index contributed by atoms with van der Waals surface area (Å²) < 4.78 is 0. The number of allylic oxidation sites excluding steroid dienone is 3. The van der Waals surface area contributed by atoms with Gasteiger partial charge in [-0.2, -0.15) is 0 Å². The maximum absolute atomic E-state index is 4.55. The van der Waals surface area contributed by atoms with Crippen LogP contribution in [0.4, 0.5) is 11.4 Å². The van der Waals surface area contributed by atoms with E-state index in [9.17, 15) is 0 Å². The molecular formula is C39H60N2S. The number of hydrogen-bond donors (Lipinski definition) is 1. The van der Waals surface area contributed by atoms with Crippen LogP contribution in [0.5, 0.6) is 0 Å². The van der Waals surface area contributed by atoms with Gasteiger partial charge in [-0.25, -0.2) is 0 Å². The molecule has 0 fully saturated rings. The Morgan fingerprint density at radius 3 is 2.00 bits per heavy atom. The van der Waals surface area contributed by atoms with Gasteiger partial charge in [0.1, 0.15) is 0 Å². The summed E-state index contributed by atoms with van der Waals surface area (Å²) in [6.45, 7) is 30.3. The maximum Gasteiger partial charge on any atom is 0.0383 e. The molecule has 0 heterocycles. The van der Waals surface area contributed by atoms with E-state index < -0.39 is 0 Å². The van der Waals surface area contributed by atoms with Gasteiger partial charge in [0, 0.05) is 34.1 Å². The quantitative estimate of drug-likeness (QED) is 0.248. The van der Waals surface area contributed by atoms with Gasteiger partial charge in [-0.05, 0) is 140 Å². The van der Waals surface area contributed by atoms with E-state index in [1.54, 1.807) is 0 Å². The summed E-state index contributed by atoms with van der Waals surface area (Å²) in [5, 5.41) is 3.66. The standard InChI is InChI=1S/C39H60N2S/c1-27(2)24-29(4)41(34-22-20-33(21-23-34)40-32-16-14-13-15-17-32)28(3)18-19-30(5)42-35-25-36(38(7,8)9)31(6)37(26-35)39(10,11)12/h16,20-23,25-29,40H,5,13-15,17-19,24H2,1-4,6-12H3. The first-order chi connectivity index (χ1) is 19.6. The lowest BCUT2D eigenvalue weighted by molar-refractivity contribution is 0.448. The minimum atomic E-state index is 0.113. The monoisotopic (exact) mass is 588 g/mol. The number of anilines is 2. The predicted octanol–water partition coefficient (Wildman–Crippen LogP) is 12.2. The van der Waals surface area contributed by atoms with Crippen LogP contribution in [0.15, 0.2) is 64.6 Å². The average Bonchev–Trinajstić information content (AvgIpc) is 2.88. The fourth-order valence-electron chi connectivity index (χ4n) is 6.62. The van der Waals surface area contributed by atoms with Crippen LogP contribution in [0.25, 0.3) is 0 Å². The topological polar surface area (TPSA) is 15.3 Å².